The van der Waals surface area contributed by atoms with Gasteiger partial charge in [-0.05, 0) is 37.1 Å². The molecule has 0 aromatic heterocycles. The van der Waals surface area contributed by atoms with Crippen molar-refractivity contribution < 1.29 is 4.79 Å². The molecule has 0 aliphatic carbocycles. The summed E-state index contributed by atoms with van der Waals surface area (Å²) in [5.74, 6) is 0.0623. The number of amides is 1. The van der Waals surface area contributed by atoms with E-state index in [4.69, 9.17) is 11.6 Å². The maximum absolute atomic E-state index is 11.6. The summed E-state index contributed by atoms with van der Waals surface area (Å²) < 4.78 is 0. The summed E-state index contributed by atoms with van der Waals surface area (Å²) in [5.41, 5.74) is 2.12. The highest BCUT2D eigenvalue weighted by atomic mass is 35.5. The SMILES string of the molecule is CCCNCc1ccc(N2CCCNC(=O)C2)c(Cl)c1. The Balaban J connectivity index is 2.06. The van der Waals surface area contributed by atoms with E-state index in [2.05, 4.69) is 23.6 Å². The molecule has 1 fully saturated rings. The average Bonchev–Trinajstić information content (AvgIpc) is 2.64. The fourth-order valence-corrected chi connectivity index (χ4v) is 2.66. The Kier molecular flexibility index (Phi) is 5.68. The first-order valence-electron chi connectivity index (χ1n) is 7.21. The van der Waals surface area contributed by atoms with Gasteiger partial charge in [-0.25, -0.2) is 0 Å². The van der Waals surface area contributed by atoms with Gasteiger partial charge < -0.3 is 15.5 Å². The fraction of sp³-hybridized carbons (Fsp3) is 0.533. The molecule has 2 rings (SSSR count). The van der Waals surface area contributed by atoms with Gasteiger partial charge in [0.1, 0.15) is 0 Å². The van der Waals surface area contributed by atoms with E-state index in [1.54, 1.807) is 0 Å². The lowest BCUT2D eigenvalue weighted by Gasteiger charge is -2.23. The molecule has 1 aliphatic heterocycles. The molecule has 0 unspecified atom stereocenters. The highest BCUT2D eigenvalue weighted by Crippen LogP contribution is 2.27. The van der Waals surface area contributed by atoms with E-state index in [0.29, 0.717) is 6.54 Å². The zero-order valence-electron chi connectivity index (χ0n) is 11.9. The Bertz CT molecular complexity index is 464. The van der Waals surface area contributed by atoms with Gasteiger partial charge in [-0.1, -0.05) is 24.6 Å². The molecular formula is C15H22ClN3O. The minimum absolute atomic E-state index is 0.0623. The van der Waals surface area contributed by atoms with Crippen molar-refractivity contribution >= 4 is 23.2 Å². The number of halogens is 1. The normalized spacial score (nSPS) is 15.9. The lowest BCUT2D eigenvalue weighted by atomic mass is 10.2. The molecule has 1 heterocycles. The van der Waals surface area contributed by atoms with Crippen molar-refractivity contribution in [3.05, 3.63) is 28.8 Å². The smallest absolute Gasteiger partial charge is 0.239 e. The highest BCUT2D eigenvalue weighted by molar-refractivity contribution is 6.33. The number of nitrogens with zero attached hydrogens (tertiary/aromatic N) is 1. The van der Waals surface area contributed by atoms with Crippen molar-refractivity contribution in [1.29, 1.82) is 0 Å². The van der Waals surface area contributed by atoms with Crippen LogP contribution in [0.1, 0.15) is 25.3 Å². The van der Waals surface area contributed by atoms with Crippen LogP contribution in [-0.2, 0) is 11.3 Å². The maximum Gasteiger partial charge on any atom is 0.239 e. The van der Waals surface area contributed by atoms with Crippen LogP contribution in [0, 0.1) is 0 Å². The zero-order chi connectivity index (χ0) is 14.4. The van der Waals surface area contributed by atoms with Gasteiger partial charge in [0, 0.05) is 19.6 Å². The minimum Gasteiger partial charge on any atom is -0.361 e. The first-order chi connectivity index (χ1) is 9.70. The second kappa shape index (κ2) is 7.50. The molecule has 1 aromatic rings. The first kappa shape index (κ1) is 15.1. The largest absolute Gasteiger partial charge is 0.361 e. The topological polar surface area (TPSA) is 44.4 Å². The molecule has 0 saturated carbocycles. The summed E-state index contributed by atoms with van der Waals surface area (Å²) in [6, 6.07) is 6.08. The molecule has 20 heavy (non-hydrogen) atoms. The number of carbonyl (C=O) groups excluding carboxylic acids is 1. The monoisotopic (exact) mass is 295 g/mol. The average molecular weight is 296 g/mol. The van der Waals surface area contributed by atoms with Gasteiger partial charge in [0.05, 0.1) is 17.3 Å². The van der Waals surface area contributed by atoms with Crippen LogP contribution in [0.2, 0.25) is 5.02 Å². The van der Waals surface area contributed by atoms with Crippen LogP contribution < -0.4 is 15.5 Å². The standard InChI is InChI=1S/C15H22ClN3O/c1-2-6-17-10-12-4-5-14(13(16)9-12)19-8-3-7-18-15(20)11-19/h4-5,9,17H,2-3,6-8,10-11H2,1H3,(H,18,20). The summed E-state index contributed by atoms with van der Waals surface area (Å²) in [6.07, 6.45) is 2.07. The molecule has 1 aliphatic rings. The van der Waals surface area contributed by atoms with Crippen LogP contribution in [0.3, 0.4) is 0 Å². The van der Waals surface area contributed by atoms with E-state index in [9.17, 15) is 4.79 Å². The molecule has 0 spiro atoms. The third-order valence-corrected chi connectivity index (χ3v) is 3.67. The Morgan fingerprint density at radius 3 is 3.05 bits per heavy atom. The fourth-order valence-electron chi connectivity index (χ4n) is 2.34. The molecule has 5 heteroatoms. The maximum atomic E-state index is 11.6. The van der Waals surface area contributed by atoms with Crippen LogP contribution in [0.15, 0.2) is 18.2 Å². The Labute approximate surface area is 125 Å². The molecule has 110 valence electrons. The molecule has 1 saturated heterocycles. The van der Waals surface area contributed by atoms with Crippen LogP contribution in [0.5, 0.6) is 0 Å². The summed E-state index contributed by atoms with van der Waals surface area (Å²) in [4.78, 5) is 13.7. The molecule has 0 atom stereocenters. The Morgan fingerprint density at radius 1 is 1.45 bits per heavy atom. The van der Waals surface area contributed by atoms with Gasteiger partial charge >= 0.3 is 0 Å². The number of carbonyl (C=O) groups is 1. The van der Waals surface area contributed by atoms with Gasteiger partial charge in [-0.15, -0.1) is 0 Å². The molecule has 1 aromatic carbocycles. The van der Waals surface area contributed by atoms with Crippen molar-refractivity contribution in [2.45, 2.75) is 26.3 Å². The number of anilines is 1. The van der Waals surface area contributed by atoms with E-state index in [1.165, 1.54) is 5.56 Å². The Morgan fingerprint density at radius 2 is 2.30 bits per heavy atom. The third kappa shape index (κ3) is 4.12. The predicted octanol–water partition coefficient (Wildman–Crippen LogP) is 2.17. The lowest BCUT2D eigenvalue weighted by Crippen LogP contribution is -2.33. The second-order valence-electron chi connectivity index (χ2n) is 5.09. The van der Waals surface area contributed by atoms with Crippen molar-refractivity contribution in [2.24, 2.45) is 0 Å². The van der Waals surface area contributed by atoms with Crippen molar-refractivity contribution in [2.75, 3.05) is 31.1 Å². The second-order valence-corrected chi connectivity index (χ2v) is 5.49. The third-order valence-electron chi connectivity index (χ3n) is 3.37. The van der Waals surface area contributed by atoms with Crippen LogP contribution in [0.4, 0.5) is 5.69 Å². The minimum atomic E-state index is 0.0623. The van der Waals surface area contributed by atoms with E-state index in [1.807, 2.05) is 17.0 Å². The van der Waals surface area contributed by atoms with Crippen LogP contribution in [0.25, 0.3) is 0 Å². The summed E-state index contributed by atoms with van der Waals surface area (Å²) in [7, 11) is 0. The molecule has 0 bridgehead atoms. The van der Waals surface area contributed by atoms with Crippen LogP contribution in [-0.4, -0.2) is 32.1 Å². The number of hydrogen-bond acceptors (Lipinski definition) is 3. The Hall–Kier alpha value is -1.26. The van der Waals surface area contributed by atoms with Gasteiger partial charge in [-0.3, -0.25) is 4.79 Å². The molecule has 2 N–H and O–H groups in total. The van der Waals surface area contributed by atoms with E-state index in [-0.39, 0.29) is 5.91 Å². The number of hydrogen-bond donors (Lipinski definition) is 2. The summed E-state index contributed by atoms with van der Waals surface area (Å²) in [6.45, 7) is 5.96. The van der Waals surface area contributed by atoms with Gasteiger partial charge in [0.25, 0.3) is 0 Å². The predicted molar refractivity (Wildman–Crippen MR) is 83.3 cm³/mol. The van der Waals surface area contributed by atoms with Crippen molar-refractivity contribution in [3.8, 4) is 0 Å². The molecule has 1 amide bonds. The van der Waals surface area contributed by atoms with E-state index < -0.39 is 0 Å². The van der Waals surface area contributed by atoms with Gasteiger partial charge in [0.2, 0.25) is 5.91 Å². The lowest BCUT2D eigenvalue weighted by molar-refractivity contribution is -0.119. The quantitative estimate of drug-likeness (QED) is 0.818. The molecule has 0 radical (unpaired) electrons. The van der Waals surface area contributed by atoms with E-state index in [0.717, 1.165) is 49.7 Å². The van der Waals surface area contributed by atoms with Crippen LogP contribution >= 0.6 is 11.6 Å². The highest BCUT2D eigenvalue weighted by Gasteiger charge is 2.17. The number of rotatable bonds is 5. The summed E-state index contributed by atoms with van der Waals surface area (Å²) >= 11 is 6.38. The molecule has 4 nitrogen and oxygen atoms in total. The first-order valence-corrected chi connectivity index (χ1v) is 7.59. The van der Waals surface area contributed by atoms with Crippen molar-refractivity contribution in [3.63, 3.8) is 0 Å². The van der Waals surface area contributed by atoms with Gasteiger partial charge in [-0.2, -0.15) is 0 Å². The summed E-state index contributed by atoms with van der Waals surface area (Å²) in [5, 5.41) is 6.95. The molecular weight excluding hydrogens is 274 g/mol. The number of nitrogens with one attached hydrogen (secondary N) is 2. The van der Waals surface area contributed by atoms with E-state index >= 15 is 0 Å². The van der Waals surface area contributed by atoms with Crippen molar-refractivity contribution in [1.82, 2.24) is 10.6 Å². The zero-order valence-corrected chi connectivity index (χ0v) is 12.7. The van der Waals surface area contributed by atoms with Gasteiger partial charge in [0.15, 0.2) is 0 Å². The number of benzene rings is 1.